The van der Waals surface area contributed by atoms with Crippen molar-refractivity contribution in [2.75, 3.05) is 26.3 Å². The zero-order valence-corrected chi connectivity index (χ0v) is 21.8. The minimum Gasteiger partial charge on any atom is -0.494 e. The van der Waals surface area contributed by atoms with E-state index in [-0.39, 0.29) is 24.6 Å². The van der Waals surface area contributed by atoms with Gasteiger partial charge in [-0.3, -0.25) is 19.2 Å². The van der Waals surface area contributed by atoms with Gasteiger partial charge in [0.2, 0.25) is 11.5 Å². The predicted octanol–water partition coefficient (Wildman–Crippen LogP) is 3.98. The van der Waals surface area contributed by atoms with Crippen LogP contribution in [-0.4, -0.2) is 60.1 Å². The van der Waals surface area contributed by atoms with Gasteiger partial charge in [-0.15, -0.1) is 0 Å². The highest BCUT2D eigenvalue weighted by Gasteiger charge is 2.25. The summed E-state index contributed by atoms with van der Waals surface area (Å²) in [5, 5.41) is 0.890. The molecule has 1 aliphatic carbocycles. The summed E-state index contributed by atoms with van der Waals surface area (Å²) < 4.78 is 16.3. The molecule has 37 heavy (non-hydrogen) atoms. The van der Waals surface area contributed by atoms with Crippen LogP contribution >= 0.6 is 0 Å². The van der Waals surface area contributed by atoms with E-state index in [2.05, 4.69) is 4.98 Å². The Hall–Kier alpha value is -3.36. The van der Waals surface area contributed by atoms with Gasteiger partial charge in [0.25, 0.3) is 0 Å². The van der Waals surface area contributed by atoms with Crippen molar-refractivity contribution in [3.05, 3.63) is 40.7 Å². The molecule has 1 aromatic carbocycles. The van der Waals surface area contributed by atoms with Crippen LogP contribution in [0.4, 0.5) is 0 Å². The monoisotopic (exact) mass is 514 g/mol. The number of carbonyl (C=O) groups excluding carboxylic acids is 3. The molecular formula is C28H38N2O7. The Bertz CT molecular complexity index is 1110. The SMILES string of the molecule is CC(=O)OCC(CN(CC1CCCCC1)C(=O)CCCCOc1ccc2[nH]c(=O)ccc2c1)OC(C)=O. The molecule has 3 rings (SSSR count). The van der Waals surface area contributed by atoms with E-state index >= 15 is 0 Å². The van der Waals surface area contributed by atoms with Crippen molar-refractivity contribution in [1.82, 2.24) is 9.88 Å². The van der Waals surface area contributed by atoms with Crippen LogP contribution in [0.2, 0.25) is 0 Å². The molecule has 0 spiro atoms. The van der Waals surface area contributed by atoms with E-state index in [9.17, 15) is 19.2 Å². The topological polar surface area (TPSA) is 115 Å². The number of H-pyrrole nitrogens is 1. The van der Waals surface area contributed by atoms with E-state index in [1.165, 1.54) is 26.3 Å². The number of ether oxygens (including phenoxy) is 3. The molecular weight excluding hydrogens is 476 g/mol. The summed E-state index contributed by atoms with van der Waals surface area (Å²) in [5.41, 5.74) is 0.609. The van der Waals surface area contributed by atoms with Gasteiger partial charge in [0, 0.05) is 43.8 Å². The van der Waals surface area contributed by atoms with Crippen molar-refractivity contribution in [2.24, 2.45) is 5.92 Å². The Labute approximate surface area is 217 Å². The van der Waals surface area contributed by atoms with E-state index in [0.29, 0.717) is 44.1 Å². The average molecular weight is 515 g/mol. The number of amides is 1. The fourth-order valence-electron chi connectivity index (χ4n) is 4.72. The fourth-order valence-corrected chi connectivity index (χ4v) is 4.72. The van der Waals surface area contributed by atoms with Crippen LogP contribution in [0, 0.1) is 5.92 Å². The zero-order valence-electron chi connectivity index (χ0n) is 21.8. The number of pyridine rings is 1. The van der Waals surface area contributed by atoms with Gasteiger partial charge in [0.05, 0.1) is 13.2 Å². The lowest BCUT2D eigenvalue weighted by molar-refractivity contribution is -0.159. The first-order chi connectivity index (χ1) is 17.8. The fraction of sp³-hybridized carbons (Fsp3) is 0.571. The number of esters is 2. The van der Waals surface area contributed by atoms with Crippen molar-refractivity contribution in [2.45, 2.75) is 71.3 Å². The van der Waals surface area contributed by atoms with Crippen molar-refractivity contribution in [3.63, 3.8) is 0 Å². The molecule has 1 N–H and O–H groups in total. The Morgan fingerprint density at radius 1 is 1.03 bits per heavy atom. The number of aromatic nitrogens is 1. The van der Waals surface area contributed by atoms with E-state index in [4.69, 9.17) is 14.2 Å². The second-order valence-electron chi connectivity index (χ2n) is 9.71. The minimum absolute atomic E-state index is 0.000194. The van der Waals surface area contributed by atoms with Gasteiger partial charge < -0.3 is 24.1 Å². The highest BCUT2D eigenvalue weighted by atomic mass is 16.6. The van der Waals surface area contributed by atoms with Crippen molar-refractivity contribution < 1.29 is 28.6 Å². The van der Waals surface area contributed by atoms with Gasteiger partial charge in [0.1, 0.15) is 12.4 Å². The maximum absolute atomic E-state index is 13.2. The normalized spacial score (nSPS) is 14.6. The summed E-state index contributed by atoms with van der Waals surface area (Å²) in [5.74, 6) is 0.205. The Morgan fingerprint density at radius 3 is 2.54 bits per heavy atom. The Balaban J connectivity index is 1.52. The Morgan fingerprint density at radius 2 is 1.81 bits per heavy atom. The molecule has 1 saturated carbocycles. The number of unbranched alkanes of at least 4 members (excludes halogenated alkanes) is 1. The summed E-state index contributed by atoms with van der Waals surface area (Å²) in [6.45, 7) is 3.83. The van der Waals surface area contributed by atoms with Gasteiger partial charge >= 0.3 is 11.9 Å². The number of rotatable bonds is 13. The molecule has 9 nitrogen and oxygen atoms in total. The average Bonchev–Trinajstić information content (AvgIpc) is 2.86. The molecule has 0 radical (unpaired) electrons. The molecule has 202 valence electrons. The first-order valence-corrected chi connectivity index (χ1v) is 13.1. The lowest BCUT2D eigenvalue weighted by Gasteiger charge is -2.32. The number of hydrogen-bond donors (Lipinski definition) is 1. The third-order valence-electron chi connectivity index (χ3n) is 6.53. The lowest BCUT2D eigenvalue weighted by Crippen LogP contribution is -2.43. The van der Waals surface area contributed by atoms with E-state index in [1.807, 2.05) is 18.2 Å². The lowest BCUT2D eigenvalue weighted by atomic mass is 9.89. The number of benzene rings is 1. The summed E-state index contributed by atoms with van der Waals surface area (Å²) in [7, 11) is 0. The first kappa shape index (κ1) is 28.2. The maximum Gasteiger partial charge on any atom is 0.303 e. The zero-order chi connectivity index (χ0) is 26.6. The number of nitrogens with zero attached hydrogens (tertiary/aromatic N) is 1. The smallest absolute Gasteiger partial charge is 0.303 e. The highest BCUT2D eigenvalue weighted by molar-refractivity contribution is 5.79. The highest BCUT2D eigenvalue weighted by Crippen LogP contribution is 2.25. The van der Waals surface area contributed by atoms with Crippen LogP contribution in [0.1, 0.15) is 65.2 Å². The van der Waals surface area contributed by atoms with Gasteiger partial charge in [-0.1, -0.05) is 19.3 Å². The molecule has 1 heterocycles. The summed E-state index contributed by atoms with van der Waals surface area (Å²) in [6.07, 6.45) is 6.73. The molecule has 2 aromatic rings. The number of aromatic amines is 1. The van der Waals surface area contributed by atoms with Crippen LogP contribution in [-0.2, 0) is 23.9 Å². The molecule has 1 unspecified atom stereocenters. The summed E-state index contributed by atoms with van der Waals surface area (Å²) >= 11 is 0. The van der Waals surface area contributed by atoms with Gasteiger partial charge in [-0.25, -0.2) is 0 Å². The van der Waals surface area contributed by atoms with Crippen LogP contribution < -0.4 is 10.3 Å². The summed E-state index contributed by atoms with van der Waals surface area (Å²) in [4.78, 5) is 52.1. The van der Waals surface area contributed by atoms with Gasteiger partial charge in [0.15, 0.2) is 6.10 Å². The van der Waals surface area contributed by atoms with E-state index in [1.54, 1.807) is 11.0 Å². The number of fused-ring (bicyclic) bond motifs is 1. The summed E-state index contributed by atoms with van der Waals surface area (Å²) in [6, 6.07) is 8.74. The molecule has 1 amide bonds. The predicted molar refractivity (Wildman–Crippen MR) is 139 cm³/mol. The Kier molecular flexibility index (Phi) is 11.0. The van der Waals surface area contributed by atoms with Crippen LogP contribution in [0.15, 0.2) is 35.1 Å². The minimum atomic E-state index is -0.694. The number of hydrogen-bond acceptors (Lipinski definition) is 7. The third kappa shape index (κ3) is 9.90. The van der Waals surface area contributed by atoms with E-state index < -0.39 is 18.0 Å². The van der Waals surface area contributed by atoms with Crippen LogP contribution in [0.5, 0.6) is 5.75 Å². The van der Waals surface area contributed by atoms with Crippen molar-refractivity contribution in [1.29, 1.82) is 0 Å². The quantitative estimate of drug-likeness (QED) is 0.318. The third-order valence-corrected chi connectivity index (χ3v) is 6.53. The molecule has 9 heteroatoms. The second-order valence-corrected chi connectivity index (χ2v) is 9.71. The van der Waals surface area contributed by atoms with Crippen LogP contribution in [0.25, 0.3) is 10.9 Å². The first-order valence-electron chi connectivity index (χ1n) is 13.1. The van der Waals surface area contributed by atoms with Gasteiger partial charge in [-0.2, -0.15) is 0 Å². The second kappa shape index (κ2) is 14.4. The molecule has 1 aliphatic rings. The van der Waals surface area contributed by atoms with Crippen molar-refractivity contribution in [3.8, 4) is 5.75 Å². The van der Waals surface area contributed by atoms with Crippen molar-refractivity contribution >= 4 is 28.7 Å². The molecule has 0 aliphatic heterocycles. The molecule has 1 atom stereocenters. The largest absolute Gasteiger partial charge is 0.494 e. The van der Waals surface area contributed by atoms with E-state index in [0.717, 1.165) is 36.6 Å². The number of carbonyl (C=O) groups is 3. The maximum atomic E-state index is 13.2. The molecule has 1 fully saturated rings. The molecule has 1 aromatic heterocycles. The van der Waals surface area contributed by atoms with Gasteiger partial charge in [-0.05, 0) is 55.9 Å². The standard InChI is InChI=1S/C28H38N2O7/c1-20(31)36-19-25(37-21(2)32)18-30(17-22-8-4-3-5-9-22)28(34)10-6-7-15-35-24-12-13-26-23(16-24)11-14-27(33)29-26/h11-14,16,22,25H,3-10,15,17-19H2,1-2H3,(H,29,33). The van der Waals surface area contributed by atoms with Crippen LogP contribution in [0.3, 0.4) is 0 Å². The number of nitrogens with one attached hydrogen (secondary N) is 1. The molecule has 0 bridgehead atoms. The molecule has 0 saturated heterocycles.